The first-order valence-electron chi connectivity index (χ1n) is 12.9. The number of halogens is 6. The minimum atomic E-state index is -4.95. The van der Waals surface area contributed by atoms with Gasteiger partial charge in [0.25, 0.3) is 0 Å². The third-order valence-corrected chi connectivity index (χ3v) is 6.64. The van der Waals surface area contributed by atoms with Crippen molar-refractivity contribution in [1.82, 2.24) is 0 Å². The van der Waals surface area contributed by atoms with Gasteiger partial charge in [-0.2, -0.15) is 26.3 Å². The summed E-state index contributed by atoms with van der Waals surface area (Å²) < 4.78 is 99.1. The van der Waals surface area contributed by atoms with Gasteiger partial charge < -0.3 is 19.5 Å². The van der Waals surface area contributed by atoms with Crippen LogP contribution in [0.25, 0.3) is 0 Å². The lowest BCUT2D eigenvalue weighted by Crippen LogP contribution is -2.51. The highest BCUT2D eigenvalue weighted by molar-refractivity contribution is 5.53. The third kappa shape index (κ3) is 7.09. The maximum absolute atomic E-state index is 13.4. The molecule has 216 valence electrons. The van der Waals surface area contributed by atoms with Crippen molar-refractivity contribution in [2.45, 2.75) is 64.0 Å². The van der Waals surface area contributed by atoms with E-state index < -0.39 is 47.9 Å². The molecule has 1 heterocycles. The number of fused-ring (bicyclic) bond motifs is 1. The molecule has 2 unspecified atom stereocenters. The SMILES string of the molecule is CCNc1ccc2c(c1)C(OCCc1ccccc1)C(OCc1cc(C(F)(F)F)cc(C(F)(F)F)c1)C(C)(C)O2. The second-order valence-electron chi connectivity index (χ2n) is 10.2. The van der Waals surface area contributed by atoms with Gasteiger partial charge in [-0.25, -0.2) is 0 Å². The number of alkyl halides is 6. The van der Waals surface area contributed by atoms with Crippen LogP contribution >= 0.6 is 0 Å². The molecule has 3 aromatic rings. The first-order valence-corrected chi connectivity index (χ1v) is 12.9. The first kappa shape index (κ1) is 29.7. The molecule has 0 saturated heterocycles. The van der Waals surface area contributed by atoms with E-state index in [4.69, 9.17) is 14.2 Å². The fourth-order valence-corrected chi connectivity index (χ4v) is 4.75. The van der Waals surface area contributed by atoms with Gasteiger partial charge in [0.1, 0.15) is 23.6 Å². The van der Waals surface area contributed by atoms with Gasteiger partial charge in [0.05, 0.1) is 24.3 Å². The second kappa shape index (κ2) is 11.7. The van der Waals surface area contributed by atoms with Crippen molar-refractivity contribution in [1.29, 1.82) is 0 Å². The monoisotopic (exact) mass is 567 g/mol. The molecule has 0 aliphatic carbocycles. The number of nitrogens with one attached hydrogen (secondary N) is 1. The van der Waals surface area contributed by atoms with E-state index in [0.717, 1.165) is 11.3 Å². The summed E-state index contributed by atoms with van der Waals surface area (Å²) in [5, 5.41) is 3.23. The molecule has 0 amide bonds. The molecule has 1 aliphatic rings. The molecule has 40 heavy (non-hydrogen) atoms. The quantitative estimate of drug-likeness (QED) is 0.265. The summed E-state index contributed by atoms with van der Waals surface area (Å²) in [5.74, 6) is 0.564. The molecule has 0 aromatic heterocycles. The molecule has 3 aromatic carbocycles. The maximum Gasteiger partial charge on any atom is 0.416 e. The first-order chi connectivity index (χ1) is 18.8. The predicted molar refractivity (Wildman–Crippen MR) is 139 cm³/mol. The van der Waals surface area contributed by atoms with E-state index in [1.54, 1.807) is 19.9 Å². The summed E-state index contributed by atoms with van der Waals surface area (Å²) in [4.78, 5) is 0. The molecule has 1 N–H and O–H groups in total. The standard InChI is InChI=1S/C30H31F6NO3/c1-4-37-23-10-11-25-24(17-23)26(38-13-12-19-8-6-5-7-9-19)27(28(2,3)40-25)39-18-20-14-21(29(31,32)33)16-22(15-20)30(34,35)36/h5-11,14-17,26-27,37H,4,12-13,18H2,1-3H3. The van der Waals surface area contributed by atoms with Gasteiger partial charge >= 0.3 is 12.4 Å². The van der Waals surface area contributed by atoms with Crippen molar-refractivity contribution >= 4 is 5.69 Å². The lowest BCUT2D eigenvalue weighted by molar-refractivity contribution is -0.167. The molecule has 0 fully saturated rings. The summed E-state index contributed by atoms with van der Waals surface area (Å²) in [6.45, 7) is 5.91. The van der Waals surface area contributed by atoms with Crippen LogP contribution in [0, 0.1) is 0 Å². The van der Waals surface area contributed by atoms with Crippen LogP contribution in [-0.2, 0) is 34.9 Å². The van der Waals surface area contributed by atoms with E-state index >= 15 is 0 Å². The number of hydrogen-bond acceptors (Lipinski definition) is 4. The Morgan fingerprint density at radius 1 is 0.825 bits per heavy atom. The number of benzene rings is 3. The Bertz CT molecular complexity index is 1260. The highest BCUT2D eigenvalue weighted by Gasteiger charge is 2.46. The van der Waals surface area contributed by atoms with Crippen LogP contribution in [0.1, 0.15) is 54.7 Å². The largest absolute Gasteiger partial charge is 0.485 e. The zero-order chi connectivity index (χ0) is 29.1. The fraction of sp³-hybridized carbons (Fsp3) is 0.400. The number of ether oxygens (including phenoxy) is 3. The smallest absolute Gasteiger partial charge is 0.416 e. The molecular weight excluding hydrogens is 536 g/mol. The second-order valence-corrected chi connectivity index (χ2v) is 10.2. The summed E-state index contributed by atoms with van der Waals surface area (Å²) in [6, 6.07) is 16.7. The van der Waals surface area contributed by atoms with Crippen molar-refractivity contribution in [2.24, 2.45) is 0 Å². The van der Waals surface area contributed by atoms with Crippen LogP contribution in [-0.4, -0.2) is 24.9 Å². The molecule has 1 aliphatic heterocycles. The van der Waals surface area contributed by atoms with Crippen LogP contribution in [0.15, 0.2) is 66.7 Å². The van der Waals surface area contributed by atoms with Gasteiger partial charge in [0.2, 0.25) is 0 Å². The number of rotatable bonds is 9. The van der Waals surface area contributed by atoms with E-state index in [0.29, 0.717) is 43.0 Å². The molecule has 4 nitrogen and oxygen atoms in total. The summed E-state index contributed by atoms with van der Waals surface area (Å²) in [7, 11) is 0. The van der Waals surface area contributed by atoms with E-state index in [2.05, 4.69) is 5.32 Å². The zero-order valence-electron chi connectivity index (χ0n) is 22.3. The van der Waals surface area contributed by atoms with Crippen LogP contribution < -0.4 is 10.1 Å². The van der Waals surface area contributed by atoms with Crippen molar-refractivity contribution in [3.8, 4) is 5.75 Å². The van der Waals surface area contributed by atoms with Crippen LogP contribution in [0.2, 0.25) is 0 Å². The molecular formula is C30H31F6NO3. The van der Waals surface area contributed by atoms with Crippen molar-refractivity contribution < 1.29 is 40.6 Å². The average molecular weight is 568 g/mol. The molecule has 0 radical (unpaired) electrons. The summed E-state index contributed by atoms with van der Waals surface area (Å²) >= 11 is 0. The number of anilines is 1. The Balaban J connectivity index is 1.65. The van der Waals surface area contributed by atoms with Gasteiger partial charge in [-0.3, -0.25) is 0 Å². The minimum absolute atomic E-state index is 0.102. The van der Waals surface area contributed by atoms with E-state index in [1.165, 1.54) is 0 Å². The zero-order valence-corrected chi connectivity index (χ0v) is 22.3. The van der Waals surface area contributed by atoms with Gasteiger partial charge in [-0.15, -0.1) is 0 Å². The van der Waals surface area contributed by atoms with E-state index in [9.17, 15) is 26.3 Å². The van der Waals surface area contributed by atoms with Gasteiger partial charge in [-0.05, 0) is 74.7 Å². The minimum Gasteiger partial charge on any atom is -0.485 e. The lowest BCUT2D eigenvalue weighted by atomic mass is 9.87. The Labute approximate surface area is 229 Å². The predicted octanol–water partition coefficient (Wildman–Crippen LogP) is 8.21. The Hall–Kier alpha value is -3.24. The van der Waals surface area contributed by atoms with E-state index in [-0.39, 0.29) is 11.6 Å². The van der Waals surface area contributed by atoms with Gasteiger partial charge in [0, 0.05) is 17.8 Å². The highest BCUT2D eigenvalue weighted by atomic mass is 19.4. The summed E-state index contributed by atoms with van der Waals surface area (Å²) in [5.41, 5.74) is -1.51. The molecule has 0 bridgehead atoms. The van der Waals surface area contributed by atoms with Crippen LogP contribution in [0.3, 0.4) is 0 Å². The topological polar surface area (TPSA) is 39.7 Å². The lowest BCUT2D eigenvalue weighted by Gasteiger charge is -2.44. The molecule has 0 spiro atoms. The Morgan fingerprint density at radius 3 is 2.08 bits per heavy atom. The summed E-state index contributed by atoms with van der Waals surface area (Å²) in [6.07, 6.45) is -10.9. The van der Waals surface area contributed by atoms with Crippen LogP contribution in [0.5, 0.6) is 5.75 Å². The third-order valence-electron chi connectivity index (χ3n) is 6.64. The molecule has 0 saturated carbocycles. The van der Waals surface area contributed by atoms with Gasteiger partial charge in [0.15, 0.2) is 0 Å². The van der Waals surface area contributed by atoms with Gasteiger partial charge in [-0.1, -0.05) is 30.3 Å². The maximum atomic E-state index is 13.4. The highest BCUT2D eigenvalue weighted by Crippen LogP contribution is 2.45. The fourth-order valence-electron chi connectivity index (χ4n) is 4.75. The molecule has 4 rings (SSSR count). The van der Waals surface area contributed by atoms with Crippen molar-refractivity contribution in [3.05, 3.63) is 94.5 Å². The van der Waals surface area contributed by atoms with Crippen molar-refractivity contribution in [2.75, 3.05) is 18.5 Å². The Morgan fingerprint density at radius 2 is 1.48 bits per heavy atom. The molecule has 10 heteroatoms. The van der Waals surface area contributed by atoms with Crippen LogP contribution in [0.4, 0.5) is 32.0 Å². The molecule has 2 atom stereocenters. The Kier molecular flexibility index (Phi) is 8.70. The number of hydrogen-bond donors (Lipinski definition) is 1. The van der Waals surface area contributed by atoms with Crippen molar-refractivity contribution in [3.63, 3.8) is 0 Å². The average Bonchev–Trinajstić information content (AvgIpc) is 2.87. The normalized spacial score (nSPS) is 18.6. The van der Waals surface area contributed by atoms with E-state index in [1.807, 2.05) is 49.4 Å².